The van der Waals surface area contributed by atoms with Crippen molar-refractivity contribution < 1.29 is 18.0 Å². The third kappa shape index (κ3) is 3.29. The Morgan fingerprint density at radius 2 is 2.11 bits per heavy atom. The van der Waals surface area contributed by atoms with E-state index in [2.05, 4.69) is 20.4 Å². The fourth-order valence-electron chi connectivity index (χ4n) is 3.18. The number of nitrogens with zero attached hydrogens (tertiary/aromatic N) is 5. The number of hydrogen-bond donors (Lipinski definition) is 1. The van der Waals surface area contributed by atoms with Gasteiger partial charge in [-0.1, -0.05) is 6.07 Å². The Labute approximate surface area is 151 Å². The summed E-state index contributed by atoms with van der Waals surface area (Å²) in [7, 11) is 0. The molecule has 1 aliphatic heterocycles. The quantitative estimate of drug-likeness (QED) is 0.761. The summed E-state index contributed by atoms with van der Waals surface area (Å²) in [4.78, 5) is 22.0. The molecule has 1 fully saturated rings. The Hall–Kier alpha value is -3.17. The molecule has 0 bridgehead atoms. The first-order valence-electron chi connectivity index (χ1n) is 8.33. The first-order valence-corrected chi connectivity index (χ1v) is 8.33. The summed E-state index contributed by atoms with van der Waals surface area (Å²) in [5, 5.41) is 6.67. The van der Waals surface area contributed by atoms with Gasteiger partial charge in [0.1, 0.15) is 23.2 Å². The normalized spacial score (nSPS) is 17.4. The Bertz CT molecular complexity index is 972. The van der Waals surface area contributed by atoms with Crippen LogP contribution in [-0.4, -0.2) is 44.3 Å². The van der Waals surface area contributed by atoms with Gasteiger partial charge in [-0.3, -0.25) is 4.79 Å². The van der Waals surface area contributed by atoms with E-state index < -0.39 is 18.1 Å². The van der Waals surface area contributed by atoms with Crippen molar-refractivity contribution in [2.45, 2.75) is 25.1 Å². The number of alkyl halides is 3. The van der Waals surface area contributed by atoms with Gasteiger partial charge in [-0.25, -0.2) is 14.5 Å². The number of carbonyl (C=O) groups is 1. The van der Waals surface area contributed by atoms with E-state index in [1.165, 1.54) is 34.1 Å². The summed E-state index contributed by atoms with van der Waals surface area (Å²) < 4.78 is 41.1. The highest BCUT2D eigenvalue weighted by molar-refractivity contribution is 6.07. The number of amides is 1. The second kappa shape index (κ2) is 6.53. The minimum atomic E-state index is -4.33. The SMILES string of the molecule is O=C(Nc1ccccn1)c1cnn2ccc(N3CCCC3C(F)(F)F)nc12. The zero-order valence-corrected chi connectivity index (χ0v) is 14.0. The molecule has 1 aliphatic rings. The van der Waals surface area contributed by atoms with Gasteiger partial charge in [-0.05, 0) is 31.0 Å². The fraction of sp³-hybridized carbons (Fsp3) is 0.294. The molecule has 3 aromatic rings. The molecule has 3 aromatic heterocycles. The summed E-state index contributed by atoms with van der Waals surface area (Å²) in [6, 6.07) is 4.97. The molecule has 1 saturated heterocycles. The Morgan fingerprint density at radius 3 is 2.85 bits per heavy atom. The van der Waals surface area contributed by atoms with Crippen molar-refractivity contribution in [3.8, 4) is 0 Å². The highest BCUT2D eigenvalue weighted by atomic mass is 19.4. The van der Waals surface area contributed by atoms with Crippen LogP contribution in [0.3, 0.4) is 0 Å². The number of fused-ring (bicyclic) bond motifs is 1. The molecule has 7 nitrogen and oxygen atoms in total. The number of rotatable bonds is 3. The van der Waals surface area contributed by atoms with E-state index in [1.54, 1.807) is 18.2 Å². The lowest BCUT2D eigenvalue weighted by Crippen LogP contribution is -2.41. The summed E-state index contributed by atoms with van der Waals surface area (Å²) >= 11 is 0. The van der Waals surface area contributed by atoms with E-state index in [0.29, 0.717) is 12.2 Å². The average Bonchev–Trinajstić information content (AvgIpc) is 3.29. The number of hydrogen-bond acceptors (Lipinski definition) is 5. The lowest BCUT2D eigenvalue weighted by molar-refractivity contribution is -0.146. The predicted octanol–water partition coefficient (Wildman–Crippen LogP) is 2.91. The van der Waals surface area contributed by atoms with Crippen LogP contribution in [0.5, 0.6) is 0 Å². The van der Waals surface area contributed by atoms with E-state index in [-0.39, 0.29) is 30.0 Å². The number of aromatic nitrogens is 4. The molecule has 1 N–H and O–H groups in total. The summed E-state index contributed by atoms with van der Waals surface area (Å²) in [6.07, 6.45) is 0.499. The molecular weight excluding hydrogens is 361 g/mol. The Kier molecular flexibility index (Phi) is 4.17. The Balaban J connectivity index is 1.66. The maximum atomic E-state index is 13.2. The highest BCUT2D eigenvalue weighted by Crippen LogP contribution is 2.35. The van der Waals surface area contributed by atoms with Crippen LogP contribution >= 0.6 is 0 Å². The van der Waals surface area contributed by atoms with E-state index in [0.717, 1.165) is 0 Å². The number of nitrogens with one attached hydrogen (secondary N) is 1. The van der Waals surface area contributed by atoms with Crippen molar-refractivity contribution in [1.82, 2.24) is 19.6 Å². The number of carbonyl (C=O) groups excluding carboxylic acids is 1. The molecular formula is C17H15F3N6O. The predicted molar refractivity (Wildman–Crippen MR) is 91.6 cm³/mol. The summed E-state index contributed by atoms with van der Waals surface area (Å²) in [6.45, 7) is 0.261. The zero-order chi connectivity index (χ0) is 19.0. The van der Waals surface area contributed by atoms with Gasteiger partial charge in [0.15, 0.2) is 5.65 Å². The van der Waals surface area contributed by atoms with Gasteiger partial charge in [0.05, 0.1) is 6.20 Å². The fourth-order valence-corrected chi connectivity index (χ4v) is 3.18. The molecule has 0 aliphatic carbocycles. The van der Waals surface area contributed by atoms with Crippen LogP contribution in [0, 0.1) is 0 Å². The minimum absolute atomic E-state index is 0.0304. The maximum absolute atomic E-state index is 13.2. The van der Waals surface area contributed by atoms with Gasteiger partial charge in [0, 0.05) is 18.9 Å². The first kappa shape index (κ1) is 17.3. The van der Waals surface area contributed by atoms with Crippen LogP contribution in [0.2, 0.25) is 0 Å². The molecule has 4 rings (SSSR count). The Morgan fingerprint density at radius 1 is 1.26 bits per heavy atom. The van der Waals surface area contributed by atoms with Gasteiger partial charge in [0.25, 0.3) is 5.91 Å². The number of anilines is 2. The van der Waals surface area contributed by atoms with Crippen molar-refractivity contribution in [3.63, 3.8) is 0 Å². The second-order valence-electron chi connectivity index (χ2n) is 6.17. The molecule has 0 aromatic carbocycles. The second-order valence-corrected chi connectivity index (χ2v) is 6.17. The highest BCUT2D eigenvalue weighted by Gasteiger charge is 2.46. The summed E-state index contributed by atoms with van der Waals surface area (Å²) in [5.74, 6) is 0.0477. The van der Waals surface area contributed by atoms with Crippen molar-refractivity contribution in [2.24, 2.45) is 0 Å². The lowest BCUT2D eigenvalue weighted by Gasteiger charge is -2.27. The molecule has 1 unspecified atom stereocenters. The molecule has 0 radical (unpaired) electrons. The van der Waals surface area contributed by atoms with Crippen LogP contribution in [0.15, 0.2) is 42.9 Å². The number of halogens is 3. The molecule has 1 atom stereocenters. The third-order valence-corrected chi connectivity index (χ3v) is 4.43. The molecule has 0 saturated carbocycles. The third-order valence-electron chi connectivity index (χ3n) is 4.43. The van der Waals surface area contributed by atoms with Gasteiger partial charge in [-0.2, -0.15) is 18.3 Å². The van der Waals surface area contributed by atoms with Crippen molar-refractivity contribution >= 4 is 23.2 Å². The molecule has 10 heteroatoms. The van der Waals surface area contributed by atoms with Crippen molar-refractivity contribution in [3.05, 3.63) is 48.4 Å². The topological polar surface area (TPSA) is 75.4 Å². The van der Waals surface area contributed by atoms with E-state index in [4.69, 9.17) is 0 Å². The zero-order valence-electron chi connectivity index (χ0n) is 14.0. The molecule has 4 heterocycles. The molecule has 140 valence electrons. The van der Waals surface area contributed by atoms with Gasteiger partial charge in [-0.15, -0.1) is 0 Å². The standard InChI is InChI=1S/C17H15F3N6O/c18-17(19,20)12-4-3-8-25(12)14-6-9-26-15(24-14)11(10-22-26)16(27)23-13-5-1-2-7-21-13/h1-2,5-7,9-10,12H,3-4,8H2,(H,21,23,27). The largest absolute Gasteiger partial charge is 0.408 e. The van der Waals surface area contributed by atoms with Gasteiger partial charge in [0.2, 0.25) is 0 Å². The molecule has 1 amide bonds. The van der Waals surface area contributed by atoms with Crippen molar-refractivity contribution in [1.29, 1.82) is 0 Å². The monoisotopic (exact) mass is 376 g/mol. The van der Waals surface area contributed by atoms with Crippen LogP contribution in [-0.2, 0) is 0 Å². The van der Waals surface area contributed by atoms with Gasteiger partial charge < -0.3 is 10.2 Å². The van der Waals surface area contributed by atoms with Crippen LogP contribution in [0.25, 0.3) is 5.65 Å². The van der Waals surface area contributed by atoms with Crippen LogP contribution < -0.4 is 10.2 Å². The van der Waals surface area contributed by atoms with Gasteiger partial charge >= 0.3 is 6.18 Å². The van der Waals surface area contributed by atoms with Crippen LogP contribution in [0.1, 0.15) is 23.2 Å². The average molecular weight is 376 g/mol. The maximum Gasteiger partial charge on any atom is 0.408 e. The smallest absolute Gasteiger partial charge is 0.344 e. The molecule has 0 spiro atoms. The van der Waals surface area contributed by atoms with E-state index in [9.17, 15) is 18.0 Å². The summed E-state index contributed by atoms with van der Waals surface area (Å²) in [5.41, 5.74) is 0.346. The first-order chi connectivity index (χ1) is 12.9. The van der Waals surface area contributed by atoms with E-state index in [1.807, 2.05) is 0 Å². The van der Waals surface area contributed by atoms with E-state index >= 15 is 0 Å². The minimum Gasteiger partial charge on any atom is -0.344 e. The van der Waals surface area contributed by atoms with Crippen LogP contribution in [0.4, 0.5) is 24.8 Å². The number of pyridine rings is 1. The lowest BCUT2D eigenvalue weighted by atomic mass is 10.2. The van der Waals surface area contributed by atoms with Crippen molar-refractivity contribution in [2.75, 3.05) is 16.8 Å². The molecule has 27 heavy (non-hydrogen) atoms.